The Morgan fingerprint density at radius 1 is 0.826 bits per heavy atom. The van der Waals surface area contributed by atoms with Gasteiger partial charge in [-0.3, -0.25) is 0 Å². The van der Waals surface area contributed by atoms with Crippen LogP contribution in [0.5, 0.6) is 0 Å². The normalized spacial score (nSPS) is 22.6. The van der Waals surface area contributed by atoms with E-state index in [9.17, 15) is 0 Å². The first-order valence-corrected chi connectivity index (χ1v) is 7.98. The van der Waals surface area contributed by atoms with Crippen LogP contribution in [0.4, 0.5) is 23.0 Å². The first-order chi connectivity index (χ1) is 11.1. The molecule has 2 aliphatic heterocycles. The van der Waals surface area contributed by atoms with Crippen LogP contribution in [0.3, 0.4) is 0 Å². The minimum absolute atomic E-state index is 0.276. The van der Waals surface area contributed by atoms with Crippen molar-refractivity contribution >= 4 is 23.0 Å². The molecule has 0 bridgehead atoms. The molecule has 6 heteroatoms. The fourth-order valence-electron chi connectivity index (χ4n) is 3.50. The lowest BCUT2D eigenvalue weighted by atomic mass is 10.3. The third kappa shape index (κ3) is 1.94. The fourth-order valence-corrected chi connectivity index (χ4v) is 3.50. The van der Waals surface area contributed by atoms with Crippen LogP contribution in [0.2, 0.25) is 0 Å². The van der Waals surface area contributed by atoms with Crippen LogP contribution in [-0.2, 0) is 0 Å². The van der Waals surface area contributed by atoms with Gasteiger partial charge in [0.2, 0.25) is 0 Å². The zero-order valence-electron chi connectivity index (χ0n) is 14.0. The highest BCUT2D eigenvalue weighted by Crippen LogP contribution is 2.40. The summed E-state index contributed by atoms with van der Waals surface area (Å²) in [5, 5.41) is 0. The highest BCUT2D eigenvalue weighted by atomic mass is 15.5. The van der Waals surface area contributed by atoms with Crippen molar-refractivity contribution in [3.8, 4) is 0 Å². The van der Waals surface area contributed by atoms with Gasteiger partial charge in [0, 0.05) is 26.5 Å². The first-order valence-electron chi connectivity index (χ1n) is 7.98. The van der Waals surface area contributed by atoms with Gasteiger partial charge >= 0.3 is 0 Å². The average Bonchev–Trinajstić information content (AvgIpc) is 2.97. The number of hydrogen-bond donors (Lipinski definition) is 0. The molecule has 0 radical (unpaired) electrons. The molecular weight excluding hydrogens is 288 g/mol. The van der Waals surface area contributed by atoms with Crippen LogP contribution < -0.4 is 19.6 Å². The summed E-state index contributed by atoms with van der Waals surface area (Å²) in [7, 11) is 4.21. The van der Waals surface area contributed by atoms with Crippen LogP contribution in [-0.4, -0.2) is 43.1 Å². The second kappa shape index (κ2) is 5.01. The Hall–Kier alpha value is -2.50. The molecule has 4 rings (SSSR count). The number of nitrogens with zero attached hydrogens (tertiary/aromatic N) is 6. The van der Waals surface area contributed by atoms with E-state index in [1.165, 1.54) is 11.4 Å². The van der Waals surface area contributed by atoms with Gasteiger partial charge in [0.25, 0.3) is 0 Å². The van der Waals surface area contributed by atoms with Gasteiger partial charge in [0.15, 0.2) is 11.6 Å². The molecule has 6 nitrogen and oxygen atoms in total. The second-order valence-electron chi connectivity index (χ2n) is 6.26. The summed E-state index contributed by atoms with van der Waals surface area (Å²) in [6.45, 7) is 5.25. The number of anilines is 4. The zero-order valence-corrected chi connectivity index (χ0v) is 14.0. The fraction of sp³-hybridized carbons (Fsp3) is 0.412. The summed E-state index contributed by atoms with van der Waals surface area (Å²) in [4.78, 5) is 18.3. The van der Waals surface area contributed by atoms with Crippen LogP contribution in [0.25, 0.3) is 0 Å². The third-order valence-corrected chi connectivity index (χ3v) is 5.15. The summed E-state index contributed by atoms with van der Waals surface area (Å²) >= 11 is 0. The van der Waals surface area contributed by atoms with Gasteiger partial charge in [-0.1, -0.05) is 0 Å². The van der Waals surface area contributed by atoms with Gasteiger partial charge in [-0.15, -0.1) is 0 Å². The zero-order chi connectivity index (χ0) is 16.1. The van der Waals surface area contributed by atoms with E-state index in [0.717, 1.165) is 18.3 Å². The highest BCUT2D eigenvalue weighted by molar-refractivity contribution is 5.77. The van der Waals surface area contributed by atoms with Crippen molar-refractivity contribution in [3.05, 3.63) is 36.7 Å². The van der Waals surface area contributed by atoms with Crippen LogP contribution >= 0.6 is 0 Å². The molecule has 23 heavy (non-hydrogen) atoms. The van der Waals surface area contributed by atoms with Crippen molar-refractivity contribution in [3.63, 3.8) is 0 Å². The van der Waals surface area contributed by atoms with Gasteiger partial charge in [-0.05, 0) is 38.1 Å². The van der Waals surface area contributed by atoms with E-state index >= 15 is 0 Å². The summed E-state index contributed by atoms with van der Waals surface area (Å²) in [6, 6.07) is 8.31. The van der Waals surface area contributed by atoms with Crippen LogP contribution in [0.1, 0.15) is 13.8 Å². The van der Waals surface area contributed by atoms with E-state index in [1.807, 2.05) is 24.5 Å². The maximum absolute atomic E-state index is 4.54. The van der Waals surface area contributed by atoms with E-state index in [-0.39, 0.29) is 12.3 Å². The summed E-state index contributed by atoms with van der Waals surface area (Å²) in [5.74, 6) is 2.10. The predicted octanol–water partition coefficient (Wildman–Crippen LogP) is 2.34. The third-order valence-electron chi connectivity index (χ3n) is 5.15. The Kier molecular flexibility index (Phi) is 3.07. The van der Waals surface area contributed by atoms with Crippen molar-refractivity contribution in [2.45, 2.75) is 26.2 Å². The Bertz CT molecular complexity index is 671. The SMILES string of the molecule is C[C@@H]1N(C)c2ncccc2N1CN1c2cccnc2N(C)[C@@H]1C. The van der Waals surface area contributed by atoms with E-state index in [2.05, 4.69) is 69.6 Å². The minimum Gasteiger partial charge on any atom is -0.338 e. The van der Waals surface area contributed by atoms with E-state index < -0.39 is 0 Å². The molecule has 0 spiro atoms. The maximum atomic E-state index is 4.54. The molecule has 0 N–H and O–H groups in total. The van der Waals surface area contributed by atoms with Crippen LogP contribution in [0.15, 0.2) is 36.7 Å². The Labute approximate surface area is 137 Å². The molecule has 0 fully saturated rings. The molecule has 2 aromatic heterocycles. The molecule has 0 aliphatic carbocycles. The Morgan fingerprint density at radius 3 is 1.70 bits per heavy atom. The Balaban J connectivity index is 1.69. The monoisotopic (exact) mass is 310 g/mol. The molecule has 2 atom stereocenters. The standard InChI is InChI=1S/C17H22N6/c1-12-20(3)16-14(7-5-9-18-16)22(12)11-23-13(2)21(4)17-15(23)8-6-10-19-17/h5-10,12-13H,11H2,1-4H3/t12-,13+. The number of fused-ring (bicyclic) bond motifs is 2. The minimum atomic E-state index is 0.276. The van der Waals surface area contributed by atoms with Crippen LogP contribution in [0, 0.1) is 0 Å². The smallest absolute Gasteiger partial charge is 0.153 e. The van der Waals surface area contributed by atoms with E-state index in [4.69, 9.17) is 0 Å². The van der Waals surface area contributed by atoms with Crippen molar-refractivity contribution in [1.29, 1.82) is 0 Å². The van der Waals surface area contributed by atoms with E-state index in [0.29, 0.717) is 0 Å². The lowest BCUT2D eigenvalue weighted by Crippen LogP contribution is -2.49. The van der Waals surface area contributed by atoms with Gasteiger partial charge in [0.05, 0.1) is 18.0 Å². The number of aromatic nitrogens is 2. The van der Waals surface area contributed by atoms with Crippen molar-refractivity contribution in [2.75, 3.05) is 40.4 Å². The molecule has 2 aliphatic rings. The van der Waals surface area contributed by atoms with Gasteiger partial charge in [-0.25, -0.2) is 9.97 Å². The lowest BCUT2D eigenvalue weighted by molar-refractivity contribution is 0.592. The molecule has 120 valence electrons. The molecule has 0 aromatic carbocycles. The topological polar surface area (TPSA) is 38.7 Å². The molecule has 2 aromatic rings. The maximum Gasteiger partial charge on any atom is 0.153 e. The van der Waals surface area contributed by atoms with Crippen molar-refractivity contribution in [1.82, 2.24) is 9.97 Å². The molecule has 0 saturated heterocycles. The second-order valence-corrected chi connectivity index (χ2v) is 6.26. The molecule has 0 amide bonds. The quantitative estimate of drug-likeness (QED) is 0.848. The number of rotatable bonds is 2. The van der Waals surface area contributed by atoms with Crippen molar-refractivity contribution < 1.29 is 0 Å². The van der Waals surface area contributed by atoms with Gasteiger partial charge in [-0.2, -0.15) is 0 Å². The highest BCUT2D eigenvalue weighted by Gasteiger charge is 2.37. The van der Waals surface area contributed by atoms with Crippen molar-refractivity contribution in [2.24, 2.45) is 0 Å². The predicted molar refractivity (Wildman–Crippen MR) is 94.0 cm³/mol. The molecule has 4 heterocycles. The summed E-state index contributed by atoms with van der Waals surface area (Å²) in [6.07, 6.45) is 4.27. The molecular formula is C17H22N6. The largest absolute Gasteiger partial charge is 0.338 e. The first kappa shape index (κ1) is 14.1. The summed E-state index contributed by atoms with van der Waals surface area (Å²) in [5.41, 5.74) is 2.38. The lowest BCUT2D eigenvalue weighted by Gasteiger charge is -2.35. The Morgan fingerprint density at radius 2 is 1.26 bits per heavy atom. The summed E-state index contributed by atoms with van der Waals surface area (Å²) < 4.78 is 0. The number of hydrogen-bond acceptors (Lipinski definition) is 6. The van der Waals surface area contributed by atoms with Gasteiger partial charge < -0.3 is 19.6 Å². The van der Waals surface area contributed by atoms with Gasteiger partial charge in [0.1, 0.15) is 12.3 Å². The number of pyridine rings is 2. The molecule has 0 unspecified atom stereocenters. The average molecular weight is 310 g/mol. The molecule has 0 saturated carbocycles. The van der Waals surface area contributed by atoms with E-state index in [1.54, 1.807) is 0 Å².